The van der Waals surface area contributed by atoms with E-state index < -0.39 is 0 Å². The summed E-state index contributed by atoms with van der Waals surface area (Å²) in [5.74, 6) is 0.769. The Morgan fingerprint density at radius 3 is 2.79 bits per heavy atom. The monoisotopic (exact) mass is 320 g/mol. The number of benzene rings is 2. The van der Waals surface area contributed by atoms with Crippen molar-refractivity contribution >= 4 is 11.6 Å². The van der Waals surface area contributed by atoms with E-state index in [1.807, 2.05) is 66.9 Å². The highest BCUT2D eigenvalue weighted by atomic mass is 16.1. The van der Waals surface area contributed by atoms with Crippen LogP contribution in [-0.4, -0.2) is 20.7 Å². The first-order valence-electron chi connectivity index (χ1n) is 8.00. The Labute approximate surface area is 141 Å². The van der Waals surface area contributed by atoms with Crippen LogP contribution >= 0.6 is 0 Å². The van der Waals surface area contributed by atoms with Crippen LogP contribution in [0.5, 0.6) is 0 Å². The van der Waals surface area contributed by atoms with Gasteiger partial charge in [0.1, 0.15) is 6.33 Å². The maximum Gasteiger partial charge on any atom is 0.228 e. The fourth-order valence-corrected chi connectivity index (χ4v) is 2.63. The molecule has 5 nitrogen and oxygen atoms in total. The fraction of sp³-hybridized carbons (Fsp3) is 0.211. The minimum Gasteiger partial charge on any atom is -0.326 e. The molecule has 5 heteroatoms. The van der Waals surface area contributed by atoms with Crippen molar-refractivity contribution in [1.29, 1.82) is 0 Å². The minimum absolute atomic E-state index is 0.0293. The van der Waals surface area contributed by atoms with E-state index in [1.165, 1.54) is 0 Å². The number of hydrogen-bond donors (Lipinski definition) is 1. The predicted molar refractivity (Wildman–Crippen MR) is 94.6 cm³/mol. The Hall–Kier alpha value is -2.95. The number of nitrogens with zero attached hydrogens (tertiary/aromatic N) is 3. The summed E-state index contributed by atoms with van der Waals surface area (Å²) in [6.45, 7) is 4.85. The first-order chi connectivity index (χ1) is 11.7. The van der Waals surface area contributed by atoms with Gasteiger partial charge in [-0.1, -0.05) is 36.4 Å². The molecule has 0 radical (unpaired) electrons. The van der Waals surface area contributed by atoms with Crippen LogP contribution in [0, 0.1) is 6.92 Å². The Morgan fingerprint density at radius 1 is 1.17 bits per heavy atom. The molecule has 0 bridgehead atoms. The molecule has 1 amide bonds. The second-order valence-corrected chi connectivity index (χ2v) is 5.67. The van der Waals surface area contributed by atoms with Gasteiger partial charge in [0.15, 0.2) is 5.82 Å². The Balaban J connectivity index is 1.75. The molecule has 0 aliphatic heterocycles. The number of rotatable bonds is 5. The highest BCUT2D eigenvalue weighted by molar-refractivity contribution is 5.93. The van der Waals surface area contributed by atoms with E-state index in [1.54, 1.807) is 6.33 Å². The molecule has 0 aliphatic rings. The van der Waals surface area contributed by atoms with Gasteiger partial charge >= 0.3 is 0 Å². The Bertz CT molecular complexity index is 854. The number of anilines is 1. The van der Waals surface area contributed by atoms with Crippen LogP contribution in [-0.2, 0) is 17.8 Å². The molecular formula is C19H20N4O. The summed E-state index contributed by atoms with van der Waals surface area (Å²) in [6, 6.07) is 15.6. The number of hydrogen-bond acceptors (Lipinski definition) is 3. The summed E-state index contributed by atoms with van der Waals surface area (Å²) in [5.41, 5.74) is 3.86. The van der Waals surface area contributed by atoms with E-state index >= 15 is 0 Å². The summed E-state index contributed by atoms with van der Waals surface area (Å²) >= 11 is 0. The van der Waals surface area contributed by atoms with Crippen LogP contribution in [0.1, 0.15) is 18.1 Å². The van der Waals surface area contributed by atoms with Crippen molar-refractivity contribution in [3.63, 3.8) is 0 Å². The molecule has 0 fully saturated rings. The van der Waals surface area contributed by atoms with E-state index in [4.69, 9.17) is 0 Å². The normalized spacial score (nSPS) is 10.6. The minimum atomic E-state index is -0.0293. The molecule has 0 saturated heterocycles. The number of aryl methyl sites for hydroxylation is 2. The third-order valence-corrected chi connectivity index (χ3v) is 3.97. The zero-order valence-electron chi connectivity index (χ0n) is 13.9. The van der Waals surface area contributed by atoms with Gasteiger partial charge in [-0.15, -0.1) is 10.2 Å². The molecule has 0 aliphatic carbocycles. The zero-order chi connectivity index (χ0) is 16.9. The van der Waals surface area contributed by atoms with E-state index in [9.17, 15) is 4.79 Å². The summed E-state index contributed by atoms with van der Waals surface area (Å²) < 4.78 is 1.97. The lowest BCUT2D eigenvalue weighted by Crippen LogP contribution is -2.15. The number of aromatic nitrogens is 3. The summed E-state index contributed by atoms with van der Waals surface area (Å²) in [6.07, 6.45) is 2.07. The van der Waals surface area contributed by atoms with Gasteiger partial charge in [-0.05, 0) is 37.1 Å². The van der Waals surface area contributed by atoms with E-state index in [0.29, 0.717) is 6.42 Å². The third kappa shape index (κ3) is 3.51. The highest BCUT2D eigenvalue weighted by Crippen LogP contribution is 2.21. The van der Waals surface area contributed by atoms with Gasteiger partial charge in [0.05, 0.1) is 6.42 Å². The van der Waals surface area contributed by atoms with Crippen molar-refractivity contribution < 1.29 is 4.79 Å². The molecule has 0 saturated carbocycles. The second kappa shape index (κ2) is 7.08. The standard InChI is InChI=1S/C19H20N4O/c1-3-23-13-20-22-19(23)16-9-6-10-17(11-16)21-18(24)12-15-8-5-4-7-14(15)2/h4-11,13H,3,12H2,1-2H3,(H,21,24). The van der Waals surface area contributed by atoms with Crippen LogP contribution in [0.4, 0.5) is 5.69 Å². The number of nitrogens with one attached hydrogen (secondary N) is 1. The van der Waals surface area contributed by atoms with Crippen LogP contribution in [0.2, 0.25) is 0 Å². The number of carbonyl (C=O) groups is 1. The SMILES string of the molecule is CCn1cnnc1-c1cccc(NC(=O)Cc2ccccc2C)c1. The lowest BCUT2D eigenvalue weighted by molar-refractivity contribution is -0.115. The number of amides is 1. The van der Waals surface area contributed by atoms with Crippen LogP contribution in [0.25, 0.3) is 11.4 Å². The van der Waals surface area contributed by atoms with Gasteiger partial charge in [0.25, 0.3) is 0 Å². The van der Waals surface area contributed by atoms with Gasteiger partial charge in [0, 0.05) is 17.8 Å². The fourth-order valence-electron chi connectivity index (χ4n) is 2.63. The summed E-state index contributed by atoms with van der Waals surface area (Å²) in [4.78, 5) is 12.3. The van der Waals surface area contributed by atoms with Crippen LogP contribution in [0.3, 0.4) is 0 Å². The highest BCUT2D eigenvalue weighted by Gasteiger charge is 2.09. The lowest BCUT2D eigenvalue weighted by Gasteiger charge is -2.09. The van der Waals surface area contributed by atoms with Gasteiger partial charge in [-0.3, -0.25) is 4.79 Å². The Morgan fingerprint density at radius 2 is 2.00 bits per heavy atom. The quantitative estimate of drug-likeness (QED) is 0.783. The average Bonchev–Trinajstić information content (AvgIpc) is 3.06. The van der Waals surface area contributed by atoms with Crippen molar-refractivity contribution in [1.82, 2.24) is 14.8 Å². The van der Waals surface area contributed by atoms with E-state index in [2.05, 4.69) is 15.5 Å². The van der Waals surface area contributed by atoms with Crippen LogP contribution in [0.15, 0.2) is 54.9 Å². The first kappa shape index (κ1) is 15.9. The summed E-state index contributed by atoms with van der Waals surface area (Å²) in [5, 5.41) is 11.1. The molecule has 0 unspecified atom stereocenters. The second-order valence-electron chi connectivity index (χ2n) is 5.67. The molecule has 24 heavy (non-hydrogen) atoms. The molecule has 3 rings (SSSR count). The average molecular weight is 320 g/mol. The largest absolute Gasteiger partial charge is 0.326 e. The smallest absolute Gasteiger partial charge is 0.228 e. The predicted octanol–water partition coefficient (Wildman–Crippen LogP) is 3.45. The van der Waals surface area contributed by atoms with Crippen LogP contribution < -0.4 is 5.32 Å². The van der Waals surface area contributed by atoms with Gasteiger partial charge in [-0.25, -0.2) is 0 Å². The molecule has 2 aromatic carbocycles. The first-order valence-corrected chi connectivity index (χ1v) is 8.00. The van der Waals surface area contributed by atoms with E-state index in [0.717, 1.165) is 34.7 Å². The molecule has 0 atom stereocenters. The number of carbonyl (C=O) groups excluding carboxylic acids is 1. The van der Waals surface area contributed by atoms with Gasteiger partial charge in [0.2, 0.25) is 5.91 Å². The molecule has 3 aromatic rings. The maximum absolute atomic E-state index is 12.3. The summed E-state index contributed by atoms with van der Waals surface area (Å²) in [7, 11) is 0. The maximum atomic E-state index is 12.3. The molecule has 1 heterocycles. The molecule has 1 N–H and O–H groups in total. The molecular weight excluding hydrogens is 300 g/mol. The molecule has 122 valence electrons. The van der Waals surface area contributed by atoms with Crippen molar-refractivity contribution in [2.45, 2.75) is 26.8 Å². The van der Waals surface area contributed by atoms with Crippen molar-refractivity contribution in [3.05, 3.63) is 66.0 Å². The zero-order valence-corrected chi connectivity index (χ0v) is 13.9. The third-order valence-electron chi connectivity index (χ3n) is 3.97. The van der Waals surface area contributed by atoms with Crippen molar-refractivity contribution in [2.75, 3.05) is 5.32 Å². The van der Waals surface area contributed by atoms with Gasteiger partial charge in [-0.2, -0.15) is 0 Å². The molecule has 0 spiro atoms. The molecule has 1 aromatic heterocycles. The Kier molecular flexibility index (Phi) is 4.70. The van der Waals surface area contributed by atoms with Gasteiger partial charge < -0.3 is 9.88 Å². The topological polar surface area (TPSA) is 59.8 Å². The lowest BCUT2D eigenvalue weighted by atomic mass is 10.1. The van der Waals surface area contributed by atoms with Crippen molar-refractivity contribution in [2.24, 2.45) is 0 Å². The van der Waals surface area contributed by atoms with Crippen molar-refractivity contribution in [3.8, 4) is 11.4 Å². The van der Waals surface area contributed by atoms with E-state index in [-0.39, 0.29) is 5.91 Å².